The van der Waals surface area contributed by atoms with Crippen LogP contribution in [0.5, 0.6) is 0 Å². The van der Waals surface area contributed by atoms with E-state index in [9.17, 15) is 4.79 Å². The van der Waals surface area contributed by atoms with Gasteiger partial charge >= 0.3 is 6.03 Å². The van der Waals surface area contributed by atoms with Gasteiger partial charge in [0.1, 0.15) is 10.3 Å². The van der Waals surface area contributed by atoms with Crippen molar-refractivity contribution in [3.05, 3.63) is 88.3 Å². The average molecular weight is 471 g/mol. The number of nitrogens with zero attached hydrogens (tertiary/aromatic N) is 3. The summed E-state index contributed by atoms with van der Waals surface area (Å²) in [5, 5.41) is 6.19. The topological polar surface area (TPSA) is 79.8 Å². The number of urea groups is 1. The van der Waals surface area contributed by atoms with Crippen LogP contribution in [0.2, 0.25) is 15.3 Å². The molecule has 0 aliphatic heterocycles. The molecule has 154 valence electrons. The van der Waals surface area contributed by atoms with E-state index >= 15 is 0 Å². The van der Waals surface area contributed by atoms with E-state index in [0.717, 1.165) is 11.1 Å². The molecule has 2 aromatic carbocycles. The van der Waals surface area contributed by atoms with Crippen molar-refractivity contribution in [2.24, 2.45) is 0 Å². The maximum atomic E-state index is 12.2. The first-order valence-corrected chi connectivity index (χ1v) is 10.2. The highest BCUT2D eigenvalue weighted by atomic mass is 35.5. The van der Waals surface area contributed by atoms with Crippen molar-refractivity contribution in [2.45, 2.75) is 0 Å². The van der Waals surface area contributed by atoms with Crippen LogP contribution in [0.25, 0.3) is 22.6 Å². The summed E-state index contributed by atoms with van der Waals surface area (Å²) in [6.45, 7) is 0. The molecule has 0 radical (unpaired) electrons. The van der Waals surface area contributed by atoms with E-state index in [0.29, 0.717) is 27.9 Å². The van der Waals surface area contributed by atoms with Gasteiger partial charge in [0, 0.05) is 22.5 Å². The molecule has 0 atom stereocenters. The number of rotatable bonds is 4. The van der Waals surface area contributed by atoms with Crippen LogP contribution in [0.1, 0.15) is 0 Å². The van der Waals surface area contributed by atoms with Crippen molar-refractivity contribution in [2.75, 3.05) is 10.6 Å². The number of carbonyl (C=O) groups excluding carboxylic acids is 1. The van der Waals surface area contributed by atoms with Gasteiger partial charge in [0.15, 0.2) is 5.82 Å². The molecular formula is C22H14Cl3N5O. The highest BCUT2D eigenvalue weighted by molar-refractivity contribution is 6.33. The van der Waals surface area contributed by atoms with Crippen LogP contribution in [-0.4, -0.2) is 21.0 Å². The van der Waals surface area contributed by atoms with E-state index < -0.39 is 6.03 Å². The standard InChI is InChI=1S/C22H14Cl3N5O/c23-17-12-26-21(14-4-2-1-3-5-14)30-20(17)13-6-8-15(9-7-13)27-22(31)28-16-10-18(24)29-19(25)11-16/h1-12H,(H2,27,28,29,31). The Bertz CT molecular complexity index is 1210. The summed E-state index contributed by atoms with van der Waals surface area (Å²) in [5.74, 6) is 0.580. The molecule has 0 saturated carbocycles. The largest absolute Gasteiger partial charge is 0.323 e. The van der Waals surface area contributed by atoms with Gasteiger partial charge in [0.25, 0.3) is 0 Å². The molecule has 0 aliphatic carbocycles. The van der Waals surface area contributed by atoms with Crippen LogP contribution in [0.15, 0.2) is 72.9 Å². The van der Waals surface area contributed by atoms with Crippen LogP contribution in [0.4, 0.5) is 16.2 Å². The Morgan fingerprint density at radius 2 is 1.39 bits per heavy atom. The molecular weight excluding hydrogens is 457 g/mol. The zero-order chi connectivity index (χ0) is 21.8. The fraction of sp³-hybridized carbons (Fsp3) is 0. The quantitative estimate of drug-likeness (QED) is 0.321. The lowest BCUT2D eigenvalue weighted by atomic mass is 10.1. The number of halogens is 3. The Kier molecular flexibility index (Phi) is 6.32. The van der Waals surface area contributed by atoms with E-state index in [1.807, 2.05) is 42.5 Å². The normalized spacial score (nSPS) is 10.5. The number of hydrogen-bond donors (Lipinski definition) is 2. The summed E-state index contributed by atoms with van der Waals surface area (Å²) in [7, 11) is 0. The van der Waals surface area contributed by atoms with Crippen molar-refractivity contribution in [3.63, 3.8) is 0 Å². The number of anilines is 2. The van der Waals surface area contributed by atoms with Crippen LogP contribution >= 0.6 is 34.8 Å². The minimum absolute atomic E-state index is 0.184. The van der Waals surface area contributed by atoms with Crippen LogP contribution in [-0.2, 0) is 0 Å². The minimum Gasteiger partial charge on any atom is -0.308 e. The van der Waals surface area contributed by atoms with E-state index in [1.165, 1.54) is 12.1 Å². The van der Waals surface area contributed by atoms with Gasteiger partial charge in [0.05, 0.1) is 16.9 Å². The van der Waals surface area contributed by atoms with Gasteiger partial charge < -0.3 is 10.6 Å². The summed E-state index contributed by atoms with van der Waals surface area (Å²) < 4.78 is 0. The second-order valence-corrected chi connectivity index (χ2v) is 7.60. The van der Waals surface area contributed by atoms with Gasteiger partial charge in [-0.3, -0.25) is 0 Å². The maximum absolute atomic E-state index is 12.2. The number of hydrogen-bond acceptors (Lipinski definition) is 4. The number of pyridine rings is 1. The lowest BCUT2D eigenvalue weighted by Gasteiger charge is -2.10. The Balaban J connectivity index is 1.50. The third-order valence-corrected chi connectivity index (χ3v) is 4.88. The first kappa shape index (κ1) is 21.1. The second kappa shape index (κ2) is 9.31. The molecule has 0 unspecified atom stereocenters. The number of aromatic nitrogens is 3. The predicted molar refractivity (Wildman–Crippen MR) is 125 cm³/mol. The summed E-state index contributed by atoms with van der Waals surface area (Å²) in [6.07, 6.45) is 1.58. The summed E-state index contributed by atoms with van der Waals surface area (Å²) in [6, 6.07) is 19.3. The van der Waals surface area contributed by atoms with Crippen LogP contribution in [0, 0.1) is 0 Å². The number of benzene rings is 2. The molecule has 0 spiro atoms. The smallest absolute Gasteiger partial charge is 0.308 e. The molecule has 2 amide bonds. The Morgan fingerprint density at radius 3 is 2.06 bits per heavy atom. The van der Waals surface area contributed by atoms with Gasteiger partial charge in [-0.15, -0.1) is 0 Å². The summed E-state index contributed by atoms with van der Waals surface area (Å²) in [5.41, 5.74) is 3.31. The van der Waals surface area contributed by atoms with Gasteiger partial charge in [-0.1, -0.05) is 77.3 Å². The maximum Gasteiger partial charge on any atom is 0.323 e. The SMILES string of the molecule is O=C(Nc1ccc(-c2nc(-c3ccccc3)ncc2Cl)cc1)Nc1cc(Cl)nc(Cl)c1. The molecule has 31 heavy (non-hydrogen) atoms. The first-order chi connectivity index (χ1) is 15.0. The monoisotopic (exact) mass is 469 g/mol. The molecule has 4 aromatic rings. The molecule has 2 heterocycles. The summed E-state index contributed by atoms with van der Waals surface area (Å²) in [4.78, 5) is 25.0. The predicted octanol–water partition coefficient (Wildman–Crippen LogP) is 6.81. The number of nitrogens with one attached hydrogen (secondary N) is 2. The molecule has 9 heteroatoms. The number of carbonyl (C=O) groups is 1. The van der Waals surface area contributed by atoms with Crippen molar-refractivity contribution < 1.29 is 4.79 Å². The molecule has 0 aliphatic rings. The van der Waals surface area contributed by atoms with Crippen molar-refractivity contribution in [1.82, 2.24) is 15.0 Å². The minimum atomic E-state index is -0.447. The van der Waals surface area contributed by atoms with Gasteiger partial charge in [-0.25, -0.2) is 19.7 Å². The third kappa shape index (κ3) is 5.30. The van der Waals surface area contributed by atoms with E-state index in [2.05, 4.69) is 25.6 Å². The lowest BCUT2D eigenvalue weighted by Crippen LogP contribution is -2.19. The molecule has 0 saturated heterocycles. The molecule has 0 bridgehead atoms. The average Bonchev–Trinajstić information content (AvgIpc) is 2.74. The molecule has 6 nitrogen and oxygen atoms in total. The Labute approximate surface area is 193 Å². The fourth-order valence-corrected chi connectivity index (χ4v) is 3.50. The molecule has 2 aromatic heterocycles. The molecule has 0 fully saturated rings. The first-order valence-electron chi connectivity index (χ1n) is 9.07. The van der Waals surface area contributed by atoms with Crippen molar-refractivity contribution in [1.29, 1.82) is 0 Å². The van der Waals surface area contributed by atoms with E-state index in [1.54, 1.807) is 18.3 Å². The van der Waals surface area contributed by atoms with Crippen LogP contribution in [0.3, 0.4) is 0 Å². The highest BCUT2D eigenvalue weighted by Crippen LogP contribution is 2.28. The van der Waals surface area contributed by atoms with Gasteiger partial charge in [0.2, 0.25) is 0 Å². The molecule has 2 N–H and O–H groups in total. The van der Waals surface area contributed by atoms with Crippen molar-refractivity contribution >= 4 is 52.2 Å². The van der Waals surface area contributed by atoms with E-state index in [4.69, 9.17) is 34.8 Å². The molecule has 4 rings (SSSR count). The Hall–Kier alpha value is -3.19. The second-order valence-electron chi connectivity index (χ2n) is 6.41. The zero-order valence-electron chi connectivity index (χ0n) is 15.8. The zero-order valence-corrected chi connectivity index (χ0v) is 18.1. The van der Waals surface area contributed by atoms with Crippen LogP contribution < -0.4 is 10.6 Å². The number of amides is 2. The third-order valence-electron chi connectivity index (χ3n) is 4.21. The summed E-state index contributed by atoms with van der Waals surface area (Å²) >= 11 is 18.0. The fourth-order valence-electron chi connectivity index (χ4n) is 2.84. The van der Waals surface area contributed by atoms with Gasteiger partial charge in [-0.05, 0) is 24.3 Å². The van der Waals surface area contributed by atoms with Gasteiger partial charge in [-0.2, -0.15) is 0 Å². The Morgan fingerprint density at radius 1 is 0.742 bits per heavy atom. The van der Waals surface area contributed by atoms with E-state index in [-0.39, 0.29) is 10.3 Å². The van der Waals surface area contributed by atoms with Crippen molar-refractivity contribution in [3.8, 4) is 22.6 Å². The lowest BCUT2D eigenvalue weighted by molar-refractivity contribution is 0.262. The highest BCUT2D eigenvalue weighted by Gasteiger charge is 2.11.